The first-order valence-corrected chi connectivity index (χ1v) is 6.71. The summed E-state index contributed by atoms with van der Waals surface area (Å²) in [5, 5.41) is 13.4. The highest BCUT2D eigenvalue weighted by molar-refractivity contribution is 7.14. The summed E-state index contributed by atoms with van der Waals surface area (Å²) in [7, 11) is 0. The number of aromatic nitrogens is 3. The highest BCUT2D eigenvalue weighted by Gasteiger charge is 2.07. The van der Waals surface area contributed by atoms with Crippen LogP contribution in [0.3, 0.4) is 0 Å². The molecule has 2 rings (SSSR count). The first-order chi connectivity index (χ1) is 8.65. The van der Waals surface area contributed by atoms with Crippen LogP contribution in [-0.2, 0) is 6.42 Å². The van der Waals surface area contributed by atoms with Gasteiger partial charge in [-0.05, 0) is 6.07 Å². The van der Waals surface area contributed by atoms with Gasteiger partial charge in [-0.2, -0.15) is 0 Å². The normalized spacial score (nSPS) is 11.1. The predicted molar refractivity (Wildman–Crippen MR) is 72.8 cm³/mol. The minimum Gasteiger partial charge on any atom is -0.329 e. The van der Waals surface area contributed by atoms with Crippen molar-refractivity contribution in [3.8, 4) is 10.6 Å². The van der Waals surface area contributed by atoms with Crippen molar-refractivity contribution in [2.75, 3.05) is 6.54 Å². The van der Waals surface area contributed by atoms with Crippen molar-refractivity contribution < 1.29 is 0 Å². The Balaban J connectivity index is 2.04. The molecule has 0 amide bonds. The van der Waals surface area contributed by atoms with E-state index >= 15 is 0 Å². The van der Waals surface area contributed by atoms with Gasteiger partial charge < -0.3 is 10.3 Å². The smallest absolute Gasteiger partial charge is 0.248 e. The highest BCUT2D eigenvalue weighted by atomic mass is 32.1. The predicted octanol–water partition coefficient (Wildman–Crippen LogP) is 1.43. The summed E-state index contributed by atoms with van der Waals surface area (Å²) in [6, 6.07) is 3.85. The van der Waals surface area contributed by atoms with Gasteiger partial charge in [0.15, 0.2) is 0 Å². The maximum atomic E-state index is 11.2. The lowest BCUT2D eigenvalue weighted by Crippen LogP contribution is -2.24. The molecule has 0 spiro atoms. The summed E-state index contributed by atoms with van der Waals surface area (Å²) in [4.78, 5) is 13.8. The molecule has 0 aliphatic heterocycles. The monoisotopic (exact) mass is 264 g/mol. The zero-order chi connectivity index (χ0) is 13.0. The standard InChI is InChI=1S/C12H16N4OS/c1-8(2)13-6-4-11-15-16-12(18-11)9-3-5-14-10(17)7-9/h3,5,7-8,13H,4,6H2,1-2H3,(H,14,17). The molecule has 2 aromatic heterocycles. The van der Waals surface area contributed by atoms with Gasteiger partial charge in [0, 0.05) is 36.8 Å². The van der Waals surface area contributed by atoms with Crippen molar-refractivity contribution in [1.82, 2.24) is 20.5 Å². The maximum absolute atomic E-state index is 11.2. The summed E-state index contributed by atoms with van der Waals surface area (Å²) in [6.07, 6.45) is 2.48. The second-order valence-corrected chi connectivity index (χ2v) is 5.36. The number of H-pyrrole nitrogens is 1. The van der Waals surface area contributed by atoms with Crippen LogP contribution in [0.4, 0.5) is 0 Å². The van der Waals surface area contributed by atoms with Crippen molar-refractivity contribution in [3.05, 3.63) is 33.7 Å². The molecule has 0 saturated heterocycles. The molecule has 0 unspecified atom stereocenters. The molecule has 6 heteroatoms. The van der Waals surface area contributed by atoms with Gasteiger partial charge in [-0.1, -0.05) is 25.2 Å². The third-order valence-electron chi connectivity index (χ3n) is 2.38. The lowest BCUT2D eigenvalue weighted by molar-refractivity contribution is 0.588. The topological polar surface area (TPSA) is 70.7 Å². The fraction of sp³-hybridized carbons (Fsp3) is 0.417. The summed E-state index contributed by atoms with van der Waals surface area (Å²) in [5.74, 6) is 0. The lowest BCUT2D eigenvalue weighted by Gasteiger charge is -2.05. The van der Waals surface area contributed by atoms with Crippen LogP contribution >= 0.6 is 11.3 Å². The molecule has 0 radical (unpaired) electrons. The zero-order valence-electron chi connectivity index (χ0n) is 10.4. The Morgan fingerprint density at radius 2 is 2.28 bits per heavy atom. The van der Waals surface area contributed by atoms with Crippen LogP contribution in [-0.4, -0.2) is 27.8 Å². The van der Waals surface area contributed by atoms with E-state index in [4.69, 9.17) is 0 Å². The van der Waals surface area contributed by atoms with Gasteiger partial charge >= 0.3 is 0 Å². The van der Waals surface area contributed by atoms with E-state index in [1.807, 2.05) is 6.07 Å². The van der Waals surface area contributed by atoms with Crippen LogP contribution in [0, 0.1) is 0 Å². The molecule has 0 fully saturated rings. The number of hydrogen-bond donors (Lipinski definition) is 2. The average Bonchev–Trinajstić information content (AvgIpc) is 2.77. The molecule has 0 aliphatic carbocycles. The van der Waals surface area contributed by atoms with Gasteiger partial charge in [0.25, 0.3) is 0 Å². The minimum atomic E-state index is -0.120. The third-order valence-corrected chi connectivity index (χ3v) is 3.41. The van der Waals surface area contributed by atoms with Crippen molar-refractivity contribution in [1.29, 1.82) is 0 Å². The van der Waals surface area contributed by atoms with Gasteiger partial charge in [0.05, 0.1) is 0 Å². The second-order valence-electron chi connectivity index (χ2n) is 4.30. The van der Waals surface area contributed by atoms with Crippen molar-refractivity contribution in [2.24, 2.45) is 0 Å². The Labute approximate surface area is 109 Å². The third kappa shape index (κ3) is 3.48. The minimum absolute atomic E-state index is 0.120. The van der Waals surface area contributed by atoms with Gasteiger partial charge in [0.1, 0.15) is 10.0 Å². The first kappa shape index (κ1) is 12.9. The Kier molecular flexibility index (Phi) is 4.22. The molecule has 0 aliphatic rings. The van der Waals surface area contributed by atoms with Crippen LogP contribution < -0.4 is 10.9 Å². The van der Waals surface area contributed by atoms with E-state index < -0.39 is 0 Å². The number of rotatable bonds is 5. The molecular formula is C12H16N4OS. The maximum Gasteiger partial charge on any atom is 0.248 e. The molecule has 18 heavy (non-hydrogen) atoms. The molecule has 0 bridgehead atoms. The SMILES string of the molecule is CC(C)NCCc1nnc(-c2cc[nH]c(=O)c2)s1. The fourth-order valence-corrected chi connectivity index (χ4v) is 2.35. The number of hydrogen-bond acceptors (Lipinski definition) is 5. The van der Waals surface area contributed by atoms with Crippen LogP contribution in [0.2, 0.25) is 0 Å². The second kappa shape index (κ2) is 5.88. The van der Waals surface area contributed by atoms with Gasteiger partial charge in [-0.25, -0.2) is 0 Å². The van der Waals surface area contributed by atoms with E-state index in [-0.39, 0.29) is 5.56 Å². The van der Waals surface area contributed by atoms with E-state index in [1.54, 1.807) is 6.20 Å². The molecule has 0 aromatic carbocycles. The molecule has 96 valence electrons. The summed E-state index contributed by atoms with van der Waals surface area (Å²) < 4.78 is 0. The van der Waals surface area contributed by atoms with E-state index in [2.05, 4.69) is 34.3 Å². The Hall–Kier alpha value is -1.53. The number of nitrogens with one attached hydrogen (secondary N) is 2. The quantitative estimate of drug-likeness (QED) is 0.857. The molecular weight excluding hydrogens is 248 g/mol. The lowest BCUT2D eigenvalue weighted by atomic mass is 10.3. The van der Waals surface area contributed by atoms with Gasteiger partial charge in [-0.3, -0.25) is 4.79 Å². The number of pyridine rings is 1. The summed E-state index contributed by atoms with van der Waals surface area (Å²) in [6.45, 7) is 5.12. The molecule has 5 nitrogen and oxygen atoms in total. The fourth-order valence-electron chi connectivity index (χ4n) is 1.52. The van der Waals surface area contributed by atoms with Crippen molar-refractivity contribution >= 4 is 11.3 Å². The van der Waals surface area contributed by atoms with Crippen LogP contribution in [0.5, 0.6) is 0 Å². The van der Waals surface area contributed by atoms with E-state index in [0.717, 1.165) is 28.5 Å². The van der Waals surface area contributed by atoms with Crippen LogP contribution in [0.15, 0.2) is 23.1 Å². The van der Waals surface area contributed by atoms with E-state index in [9.17, 15) is 4.79 Å². The highest BCUT2D eigenvalue weighted by Crippen LogP contribution is 2.21. The summed E-state index contributed by atoms with van der Waals surface area (Å²) in [5.41, 5.74) is 0.699. The Bertz CT molecular complexity index is 561. The molecule has 2 aromatic rings. The van der Waals surface area contributed by atoms with Crippen LogP contribution in [0.1, 0.15) is 18.9 Å². The average molecular weight is 264 g/mol. The molecule has 2 heterocycles. The molecule has 0 atom stereocenters. The number of aromatic amines is 1. The van der Waals surface area contributed by atoms with Gasteiger partial charge in [0.2, 0.25) is 5.56 Å². The molecule has 2 N–H and O–H groups in total. The van der Waals surface area contributed by atoms with E-state index in [0.29, 0.717) is 6.04 Å². The number of nitrogens with zero attached hydrogens (tertiary/aromatic N) is 2. The largest absolute Gasteiger partial charge is 0.329 e. The van der Waals surface area contributed by atoms with Gasteiger partial charge in [-0.15, -0.1) is 10.2 Å². The van der Waals surface area contributed by atoms with Crippen molar-refractivity contribution in [2.45, 2.75) is 26.3 Å². The molecule has 0 saturated carbocycles. The summed E-state index contributed by atoms with van der Waals surface area (Å²) >= 11 is 1.53. The van der Waals surface area contributed by atoms with Crippen LogP contribution in [0.25, 0.3) is 10.6 Å². The Morgan fingerprint density at radius 3 is 3.00 bits per heavy atom. The van der Waals surface area contributed by atoms with Crippen molar-refractivity contribution in [3.63, 3.8) is 0 Å². The first-order valence-electron chi connectivity index (χ1n) is 5.90. The zero-order valence-corrected chi connectivity index (χ0v) is 11.3. The Morgan fingerprint density at radius 1 is 1.44 bits per heavy atom. The van der Waals surface area contributed by atoms with E-state index in [1.165, 1.54) is 17.4 Å².